The van der Waals surface area contributed by atoms with E-state index >= 15 is 0 Å². The number of benzene rings is 2. The van der Waals surface area contributed by atoms with E-state index in [1.54, 1.807) is 48.5 Å². The smallest absolute Gasteiger partial charge is 0.251 e. The summed E-state index contributed by atoms with van der Waals surface area (Å²) in [7, 11) is 0. The van der Waals surface area contributed by atoms with Crippen LogP contribution in [0.1, 0.15) is 46.4 Å². The molecule has 2 aromatic rings. The van der Waals surface area contributed by atoms with Gasteiger partial charge in [-0.05, 0) is 31.0 Å². The molecule has 0 saturated heterocycles. The molecule has 3 rings (SSSR count). The van der Waals surface area contributed by atoms with Crippen LogP contribution in [0.5, 0.6) is 0 Å². The number of ketones is 1. The van der Waals surface area contributed by atoms with Crippen molar-refractivity contribution in [3.05, 3.63) is 65.7 Å². The number of rotatable bonds is 7. The first-order valence-electron chi connectivity index (χ1n) is 8.41. The Bertz CT molecular complexity index is 783. The number of carbonyl (C=O) groups is 3. The third-order valence-electron chi connectivity index (χ3n) is 4.00. The zero-order valence-corrected chi connectivity index (χ0v) is 13.8. The predicted octanol–water partition coefficient (Wildman–Crippen LogP) is 3.18. The lowest BCUT2D eigenvalue weighted by atomic mass is 10.1. The third-order valence-corrected chi connectivity index (χ3v) is 4.00. The quantitative estimate of drug-likeness (QED) is 0.763. The van der Waals surface area contributed by atoms with Crippen molar-refractivity contribution in [3.8, 4) is 0 Å². The average Bonchev–Trinajstić information content (AvgIpc) is 3.44. The Hall–Kier alpha value is -2.95. The minimum absolute atomic E-state index is 0.0617. The normalized spacial score (nSPS) is 13.1. The summed E-state index contributed by atoms with van der Waals surface area (Å²) in [4.78, 5) is 36.1. The van der Waals surface area contributed by atoms with Gasteiger partial charge in [0.25, 0.3) is 5.91 Å². The fourth-order valence-corrected chi connectivity index (χ4v) is 2.45. The monoisotopic (exact) mass is 336 g/mol. The maximum Gasteiger partial charge on any atom is 0.251 e. The van der Waals surface area contributed by atoms with Gasteiger partial charge in [-0.15, -0.1) is 0 Å². The number of amides is 2. The Kier molecular flexibility index (Phi) is 5.23. The van der Waals surface area contributed by atoms with E-state index in [4.69, 9.17) is 0 Å². The van der Waals surface area contributed by atoms with Gasteiger partial charge in [-0.2, -0.15) is 0 Å². The molecule has 5 heteroatoms. The molecule has 0 radical (unpaired) electrons. The molecule has 2 aromatic carbocycles. The summed E-state index contributed by atoms with van der Waals surface area (Å²) in [6.07, 6.45) is 2.30. The number of hydrogen-bond acceptors (Lipinski definition) is 3. The fraction of sp³-hybridized carbons (Fsp3) is 0.250. The van der Waals surface area contributed by atoms with Crippen molar-refractivity contribution in [1.29, 1.82) is 0 Å². The van der Waals surface area contributed by atoms with Crippen LogP contribution >= 0.6 is 0 Å². The molecule has 1 aliphatic rings. The topological polar surface area (TPSA) is 75.3 Å². The molecule has 5 nitrogen and oxygen atoms in total. The summed E-state index contributed by atoms with van der Waals surface area (Å²) >= 11 is 0. The lowest BCUT2D eigenvalue weighted by molar-refractivity contribution is -0.116. The van der Waals surface area contributed by atoms with Crippen molar-refractivity contribution in [2.24, 2.45) is 0 Å². The van der Waals surface area contributed by atoms with Crippen molar-refractivity contribution in [1.82, 2.24) is 5.32 Å². The zero-order valence-electron chi connectivity index (χ0n) is 13.8. The van der Waals surface area contributed by atoms with Gasteiger partial charge in [-0.3, -0.25) is 14.4 Å². The summed E-state index contributed by atoms with van der Waals surface area (Å²) in [6, 6.07) is 16.0. The molecule has 2 amide bonds. The number of Topliss-reactive ketones (excluding diaryl/α,β-unsaturated/α-hetero) is 1. The Morgan fingerprint density at radius 3 is 2.32 bits per heavy atom. The second-order valence-electron chi connectivity index (χ2n) is 6.17. The van der Waals surface area contributed by atoms with Crippen molar-refractivity contribution in [3.63, 3.8) is 0 Å². The van der Waals surface area contributed by atoms with Gasteiger partial charge in [0.2, 0.25) is 5.91 Å². The van der Waals surface area contributed by atoms with Gasteiger partial charge in [-0.25, -0.2) is 0 Å². The van der Waals surface area contributed by atoms with Gasteiger partial charge >= 0.3 is 0 Å². The fourth-order valence-electron chi connectivity index (χ4n) is 2.45. The maximum atomic E-state index is 12.1. The van der Waals surface area contributed by atoms with E-state index in [1.807, 2.05) is 6.07 Å². The van der Waals surface area contributed by atoms with Gasteiger partial charge in [0.05, 0.1) is 0 Å². The lowest BCUT2D eigenvalue weighted by Gasteiger charge is -2.08. The van der Waals surface area contributed by atoms with Crippen LogP contribution in [0, 0.1) is 0 Å². The van der Waals surface area contributed by atoms with Crippen LogP contribution in [0.15, 0.2) is 54.6 Å². The SMILES string of the molecule is O=C(CCC(=O)c1ccccc1)Nc1cccc(C(=O)NC2CC2)c1. The first-order chi connectivity index (χ1) is 12.1. The zero-order chi connectivity index (χ0) is 17.6. The molecular weight excluding hydrogens is 316 g/mol. The summed E-state index contributed by atoms with van der Waals surface area (Å²) in [5, 5.41) is 5.65. The standard InChI is InChI=1S/C20H20N2O3/c23-18(14-5-2-1-3-6-14)11-12-19(24)21-17-8-4-7-15(13-17)20(25)22-16-9-10-16/h1-8,13,16H,9-12H2,(H,21,24)(H,22,25). The molecule has 1 saturated carbocycles. The Morgan fingerprint density at radius 1 is 0.880 bits per heavy atom. The average molecular weight is 336 g/mol. The molecule has 1 fully saturated rings. The molecular formula is C20H20N2O3. The van der Waals surface area contributed by atoms with Crippen LogP contribution in [0.3, 0.4) is 0 Å². The molecule has 0 bridgehead atoms. The van der Waals surface area contributed by atoms with E-state index in [2.05, 4.69) is 10.6 Å². The molecule has 0 unspecified atom stereocenters. The third kappa shape index (κ3) is 5.01. The van der Waals surface area contributed by atoms with Crippen molar-refractivity contribution in [2.45, 2.75) is 31.7 Å². The minimum atomic E-state index is -0.246. The first-order valence-corrected chi connectivity index (χ1v) is 8.41. The minimum Gasteiger partial charge on any atom is -0.349 e. The molecule has 1 aliphatic carbocycles. The largest absolute Gasteiger partial charge is 0.349 e. The highest BCUT2D eigenvalue weighted by molar-refractivity contribution is 6.00. The second kappa shape index (κ2) is 7.75. The van der Waals surface area contributed by atoms with E-state index in [0.717, 1.165) is 12.8 Å². The van der Waals surface area contributed by atoms with E-state index in [9.17, 15) is 14.4 Å². The molecule has 0 aliphatic heterocycles. The first kappa shape index (κ1) is 16.9. The summed E-state index contributed by atoms with van der Waals surface area (Å²) in [5.41, 5.74) is 1.68. The molecule has 128 valence electrons. The van der Waals surface area contributed by atoms with E-state index in [0.29, 0.717) is 16.8 Å². The highest BCUT2D eigenvalue weighted by Crippen LogP contribution is 2.20. The van der Waals surface area contributed by atoms with Crippen molar-refractivity contribution >= 4 is 23.3 Å². The molecule has 0 aromatic heterocycles. The molecule has 0 atom stereocenters. The number of anilines is 1. The molecule has 0 heterocycles. The van der Waals surface area contributed by atoms with E-state index in [1.165, 1.54) is 0 Å². The number of carbonyl (C=O) groups excluding carboxylic acids is 3. The second-order valence-corrected chi connectivity index (χ2v) is 6.17. The van der Waals surface area contributed by atoms with Gasteiger partial charge in [0.15, 0.2) is 5.78 Å². The van der Waals surface area contributed by atoms with Crippen LogP contribution < -0.4 is 10.6 Å². The van der Waals surface area contributed by atoms with E-state index in [-0.39, 0.29) is 36.5 Å². The summed E-state index contributed by atoms with van der Waals surface area (Å²) < 4.78 is 0. The van der Waals surface area contributed by atoms with Crippen molar-refractivity contribution < 1.29 is 14.4 Å². The highest BCUT2D eigenvalue weighted by Gasteiger charge is 2.23. The van der Waals surface area contributed by atoms with Crippen molar-refractivity contribution in [2.75, 3.05) is 5.32 Å². The van der Waals surface area contributed by atoms with Crippen LogP contribution in [-0.4, -0.2) is 23.6 Å². The summed E-state index contributed by atoms with van der Waals surface area (Å²) in [5.74, 6) is -0.435. The lowest BCUT2D eigenvalue weighted by Crippen LogP contribution is -2.25. The molecule has 2 N–H and O–H groups in total. The van der Waals surface area contributed by atoms with Crippen LogP contribution in [0.2, 0.25) is 0 Å². The van der Waals surface area contributed by atoms with Gasteiger partial charge in [0, 0.05) is 35.7 Å². The maximum absolute atomic E-state index is 12.1. The van der Waals surface area contributed by atoms with Crippen LogP contribution in [0.25, 0.3) is 0 Å². The van der Waals surface area contributed by atoms with E-state index < -0.39 is 0 Å². The molecule has 25 heavy (non-hydrogen) atoms. The van der Waals surface area contributed by atoms with Gasteiger partial charge in [-0.1, -0.05) is 36.4 Å². The molecule has 0 spiro atoms. The Labute approximate surface area is 146 Å². The number of nitrogens with one attached hydrogen (secondary N) is 2. The Morgan fingerprint density at radius 2 is 1.60 bits per heavy atom. The van der Waals surface area contributed by atoms with Gasteiger partial charge in [0.1, 0.15) is 0 Å². The Balaban J connectivity index is 1.52. The summed E-state index contributed by atoms with van der Waals surface area (Å²) in [6.45, 7) is 0. The number of hydrogen-bond donors (Lipinski definition) is 2. The highest BCUT2D eigenvalue weighted by atomic mass is 16.2. The van der Waals surface area contributed by atoms with Crippen LogP contribution in [0.4, 0.5) is 5.69 Å². The van der Waals surface area contributed by atoms with Gasteiger partial charge < -0.3 is 10.6 Å². The van der Waals surface area contributed by atoms with Crippen LogP contribution in [-0.2, 0) is 4.79 Å². The predicted molar refractivity (Wildman–Crippen MR) is 95.6 cm³/mol.